The number of aliphatic hydroxyl groups is 1. The van der Waals surface area contributed by atoms with Crippen molar-refractivity contribution in [3.63, 3.8) is 0 Å². The molecule has 2 fully saturated rings. The highest BCUT2D eigenvalue weighted by Crippen LogP contribution is 2.39. The van der Waals surface area contributed by atoms with E-state index in [4.69, 9.17) is 5.73 Å². The molecule has 0 radical (unpaired) electrons. The fourth-order valence-electron chi connectivity index (χ4n) is 6.44. The predicted octanol–water partition coefficient (Wildman–Crippen LogP) is -1.16. The van der Waals surface area contributed by atoms with Gasteiger partial charge in [0.25, 0.3) is 0 Å². The minimum Gasteiger partial charge on any atom is -0.390 e. The molecule has 9 N–H and O–H groups in total. The van der Waals surface area contributed by atoms with Crippen molar-refractivity contribution in [3.8, 4) is 0 Å². The van der Waals surface area contributed by atoms with Gasteiger partial charge in [0.1, 0.15) is 29.7 Å². The number of carbonyl (C=O) groups excluding carboxylic acids is 6. The second-order valence-corrected chi connectivity index (χ2v) is 16.3. The highest BCUT2D eigenvalue weighted by atomic mass is 32.1. The number of aryl methyl sites for hydroxylation is 2. The van der Waals surface area contributed by atoms with Crippen molar-refractivity contribution in [2.75, 3.05) is 6.54 Å². The van der Waals surface area contributed by atoms with Gasteiger partial charge in [-0.05, 0) is 50.0 Å². The molecule has 298 valence electrons. The monoisotopic (exact) mass is 796 g/mol. The van der Waals surface area contributed by atoms with Crippen LogP contribution >= 0.6 is 19.2 Å². The number of phosphoric ester groups is 1. The number of likely N-dealkylation sites (tertiary alicyclic amines) is 1. The fourth-order valence-corrected chi connectivity index (χ4v) is 7.69. The lowest BCUT2D eigenvalue weighted by Gasteiger charge is -2.29. The molecule has 21 heteroatoms. The van der Waals surface area contributed by atoms with Gasteiger partial charge in [-0.15, -0.1) is 11.3 Å². The van der Waals surface area contributed by atoms with E-state index in [9.17, 15) is 48.2 Å². The van der Waals surface area contributed by atoms with Crippen LogP contribution in [0.4, 0.5) is 0 Å². The van der Waals surface area contributed by atoms with Gasteiger partial charge in [0.2, 0.25) is 35.4 Å². The zero-order chi connectivity index (χ0) is 40.0. The Morgan fingerprint density at radius 3 is 2.39 bits per heavy atom. The van der Waals surface area contributed by atoms with Crippen LogP contribution < -0.4 is 27.0 Å². The molecule has 3 heterocycles. The summed E-state index contributed by atoms with van der Waals surface area (Å²) in [6.07, 6.45) is 1.53. The first-order chi connectivity index (χ1) is 25.3. The van der Waals surface area contributed by atoms with E-state index >= 15 is 0 Å². The quantitative estimate of drug-likeness (QED) is 0.0783. The molecule has 2 aromatic heterocycles. The van der Waals surface area contributed by atoms with Crippen molar-refractivity contribution in [2.24, 2.45) is 11.7 Å². The lowest BCUT2D eigenvalue weighted by Crippen LogP contribution is -2.62. The number of aliphatic hydroxyl groups excluding tert-OH is 1. The van der Waals surface area contributed by atoms with Crippen LogP contribution in [0.25, 0.3) is 0 Å². The van der Waals surface area contributed by atoms with Crippen molar-refractivity contribution < 1.29 is 52.7 Å². The number of imidazole rings is 1. The van der Waals surface area contributed by atoms with Gasteiger partial charge in [0.15, 0.2) is 0 Å². The van der Waals surface area contributed by atoms with Crippen LogP contribution in [0.3, 0.4) is 0 Å². The lowest BCUT2D eigenvalue weighted by atomic mass is 10.0. The van der Waals surface area contributed by atoms with Gasteiger partial charge in [-0.3, -0.25) is 33.3 Å². The predicted molar refractivity (Wildman–Crippen MR) is 193 cm³/mol. The number of hydrogen-bond donors (Lipinski definition) is 8. The van der Waals surface area contributed by atoms with Crippen LogP contribution in [0.5, 0.6) is 0 Å². The molecule has 54 heavy (non-hydrogen) atoms. The number of thiophene rings is 1. The van der Waals surface area contributed by atoms with Crippen LogP contribution in [-0.4, -0.2) is 113 Å². The van der Waals surface area contributed by atoms with Gasteiger partial charge in [0.05, 0.1) is 18.5 Å². The highest BCUT2D eigenvalue weighted by molar-refractivity contribution is 7.46. The molecular formula is C33H49N8O11PS. The molecule has 4 rings (SSSR count). The van der Waals surface area contributed by atoms with E-state index < -0.39 is 79.3 Å². The van der Waals surface area contributed by atoms with Crippen molar-refractivity contribution in [1.82, 2.24) is 35.7 Å². The molecule has 1 saturated heterocycles. The number of nitrogens with zero attached hydrogens (tertiary/aromatic N) is 3. The lowest BCUT2D eigenvalue weighted by molar-refractivity contribution is -0.139. The number of nitrogens with two attached hydrogens (primary N) is 1. The second-order valence-electron chi connectivity index (χ2n) is 14.1. The van der Waals surface area contributed by atoms with E-state index in [0.717, 1.165) is 11.8 Å². The third kappa shape index (κ3) is 11.2. The molecule has 1 saturated carbocycles. The van der Waals surface area contributed by atoms with E-state index in [2.05, 4.69) is 30.8 Å². The van der Waals surface area contributed by atoms with E-state index in [0.29, 0.717) is 38.0 Å². The Morgan fingerprint density at radius 2 is 1.81 bits per heavy atom. The van der Waals surface area contributed by atoms with E-state index in [1.807, 2.05) is 35.9 Å². The fraction of sp³-hybridized carbons (Fsp3) is 0.606. The number of hydrogen-bond acceptors (Lipinski definition) is 11. The Hall–Kier alpha value is -4.20. The topological polar surface area (TPSA) is 285 Å². The smallest absolute Gasteiger partial charge is 0.390 e. The summed E-state index contributed by atoms with van der Waals surface area (Å²) >= 11 is 1.58. The Balaban J connectivity index is 1.58. The summed E-state index contributed by atoms with van der Waals surface area (Å²) in [5, 5.41) is 22.8. The Bertz CT molecular complexity index is 1730. The average Bonchev–Trinajstić information content (AvgIpc) is 3.61. The molecule has 19 nitrogen and oxygen atoms in total. The number of primary amides is 1. The summed E-state index contributed by atoms with van der Waals surface area (Å²) in [4.78, 5) is 104. The highest BCUT2D eigenvalue weighted by Gasteiger charge is 2.62. The van der Waals surface area contributed by atoms with E-state index in [-0.39, 0.29) is 31.1 Å². The first-order valence-corrected chi connectivity index (χ1v) is 20.0. The maximum atomic E-state index is 14.1. The molecule has 1 aliphatic carbocycles. The maximum Gasteiger partial charge on any atom is 0.469 e. The van der Waals surface area contributed by atoms with Crippen molar-refractivity contribution >= 4 is 54.6 Å². The standard InChI is InChI=1S/C33H49N8O11PS/c1-18(2)13-23(37-31(47)25-8-5-10-41(25)20(4)42)29(45)36-24(14-21-16-35-17-40(21)11-9-22-7-6-12-54-22)30(46)39-33(15-26(33)43)32(48)38-27(28(34)44)19(3)52-53(49,50)51/h6-7,12,16-19,23-27,43H,5,8-11,13-15H2,1-4H3,(H2,34,44)(H,36,45)(H,37,47)(H,38,48)(H,39,46)(H2,49,50,51)/t19-,23+,24+,25+,26?,27+,33?/m1/s1. The van der Waals surface area contributed by atoms with Crippen LogP contribution in [0.15, 0.2) is 30.0 Å². The third-order valence-electron chi connectivity index (χ3n) is 9.37. The van der Waals surface area contributed by atoms with Crippen molar-refractivity contribution in [1.29, 1.82) is 0 Å². The summed E-state index contributed by atoms with van der Waals surface area (Å²) in [7, 11) is -5.11. The summed E-state index contributed by atoms with van der Waals surface area (Å²) in [6, 6.07) is -1.11. The van der Waals surface area contributed by atoms with E-state index in [1.165, 1.54) is 18.0 Å². The van der Waals surface area contributed by atoms with Gasteiger partial charge in [-0.2, -0.15) is 0 Å². The SMILES string of the molecule is CC(=O)N1CCC[C@H]1C(=O)N[C@@H](CC(C)C)C(=O)N[C@@H](Cc1cncn1CCc1cccs1)C(=O)NC1(C(=O)N[C@H](C(N)=O)[C@@H](C)OP(=O)(O)O)CC1O. The van der Waals surface area contributed by atoms with Gasteiger partial charge in [-0.25, -0.2) is 9.55 Å². The van der Waals surface area contributed by atoms with E-state index in [1.54, 1.807) is 17.7 Å². The Morgan fingerprint density at radius 1 is 1.11 bits per heavy atom. The molecule has 7 atom stereocenters. The van der Waals surface area contributed by atoms with Crippen LogP contribution in [0.2, 0.25) is 0 Å². The van der Waals surface area contributed by atoms with Gasteiger partial charge in [0, 0.05) is 49.6 Å². The minimum absolute atomic E-state index is 0.0804. The van der Waals surface area contributed by atoms with Crippen molar-refractivity contribution in [3.05, 3.63) is 40.6 Å². The molecule has 0 aromatic carbocycles. The molecule has 2 unspecified atom stereocenters. The molecular weight excluding hydrogens is 747 g/mol. The molecule has 6 amide bonds. The third-order valence-corrected chi connectivity index (χ3v) is 10.9. The Labute approximate surface area is 316 Å². The minimum atomic E-state index is -5.11. The first kappa shape index (κ1) is 42.5. The molecule has 0 spiro atoms. The maximum absolute atomic E-state index is 14.1. The number of phosphoric acid groups is 1. The summed E-state index contributed by atoms with van der Waals surface area (Å²) < 4.78 is 17.7. The Kier molecular flexibility index (Phi) is 14.1. The molecule has 2 aliphatic rings. The number of nitrogens with one attached hydrogen (secondary N) is 4. The zero-order valence-electron chi connectivity index (χ0n) is 30.5. The first-order valence-electron chi connectivity index (χ1n) is 17.5. The number of amides is 6. The number of carbonyl (C=O) groups is 6. The van der Waals surface area contributed by atoms with Crippen molar-refractivity contribution in [2.45, 2.75) is 115 Å². The molecule has 1 aliphatic heterocycles. The van der Waals surface area contributed by atoms with Crippen LogP contribution in [0.1, 0.15) is 63.9 Å². The summed E-state index contributed by atoms with van der Waals surface area (Å²) in [6.45, 7) is 7.06. The van der Waals surface area contributed by atoms with Gasteiger partial charge >= 0.3 is 7.82 Å². The zero-order valence-corrected chi connectivity index (χ0v) is 32.2. The average molecular weight is 797 g/mol. The van der Waals surface area contributed by atoms with Gasteiger partial charge < -0.3 is 51.4 Å². The second kappa shape index (κ2) is 18.0. The number of rotatable bonds is 19. The normalized spacial score (nSPS) is 21.8. The molecule has 2 aromatic rings. The van der Waals surface area contributed by atoms with Gasteiger partial charge in [-0.1, -0.05) is 19.9 Å². The largest absolute Gasteiger partial charge is 0.469 e. The van der Waals surface area contributed by atoms with Crippen LogP contribution in [0, 0.1) is 5.92 Å². The van der Waals surface area contributed by atoms with Crippen LogP contribution in [-0.2, 0) is 57.2 Å². The summed E-state index contributed by atoms with van der Waals surface area (Å²) in [5.41, 5.74) is 3.92. The number of aromatic nitrogens is 2. The summed E-state index contributed by atoms with van der Waals surface area (Å²) in [5.74, 6) is -4.75. The molecule has 0 bridgehead atoms.